The number of rotatable bonds is 10. The molecule has 4 aromatic rings. The maximum absolute atomic E-state index is 14.3. The van der Waals surface area contributed by atoms with E-state index in [1.807, 2.05) is 31.2 Å². The summed E-state index contributed by atoms with van der Waals surface area (Å²) in [5.74, 6) is 0.0643. The van der Waals surface area contributed by atoms with Crippen LogP contribution in [0, 0.1) is 12.8 Å². The van der Waals surface area contributed by atoms with Gasteiger partial charge in [0.05, 0.1) is 36.2 Å². The van der Waals surface area contributed by atoms with Crippen LogP contribution in [0.25, 0.3) is 21.0 Å². The Hall–Kier alpha value is -3.74. The Labute approximate surface area is 245 Å². The summed E-state index contributed by atoms with van der Waals surface area (Å²) >= 11 is 1.29. The number of aryl methyl sites for hydroxylation is 1. The average molecular weight is 596 g/mol. The first-order valence-corrected chi connectivity index (χ1v) is 14.9. The summed E-state index contributed by atoms with van der Waals surface area (Å²) in [6.45, 7) is 3.18. The standard InChI is InChI=1S/C30H33N3O8S/c1-17-25-28(36)33(19-13-18(14-19)15-24(34)35)30(37)32(29(25)42-26(17)27-31-9-12-40-27)16-23(41-20-7-10-39-11-8-20)21-5-3-4-6-22(21)38-2/h3-6,9,12,18-20,23H,7-8,10-11,13-16H2,1-2H3,(H,34,35)/t18?,19?,23-/m1/s1. The molecule has 1 aliphatic carbocycles. The number of ether oxygens (including phenoxy) is 3. The summed E-state index contributed by atoms with van der Waals surface area (Å²) in [6.07, 6.45) is 4.79. The Morgan fingerprint density at radius 3 is 2.67 bits per heavy atom. The largest absolute Gasteiger partial charge is 0.496 e. The first-order valence-electron chi connectivity index (χ1n) is 14.1. The van der Waals surface area contributed by atoms with E-state index in [4.69, 9.17) is 18.6 Å². The van der Waals surface area contributed by atoms with Crippen molar-refractivity contribution in [3.63, 3.8) is 0 Å². The van der Waals surface area contributed by atoms with Gasteiger partial charge in [0.15, 0.2) is 0 Å². The fraction of sp³-hybridized carbons (Fsp3) is 0.467. The molecule has 1 atom stereocenters. The molecular weight excluding hydrogens is 562 g/mol. The zero-order chi connectivity index (χ0) is 29.4. The number of aliphatic carboxylic acids is 1. The number of hydrogen-bond donors (Lipinski definition) is 1. The molecule has 1 aromatic carbocycles. The molecule has 12 heteroatoms. The smallest absolute Gasteiger partial charge is 0.332 e. The minimum absolute atomic E-state index is 0.0162. The second kappa shape index (κ2) is 11.9. The van der Waals surface area contributed by atoms with Crippen molar-refractivity contribution in [3.05, 3.63) is 68.7 Å². The SMILES string of the molecule is COc1ccccc1[C@@H](Cn1c(=O)n(C2CC(CC(=O)O)C2)c(=O)c2c(C)c(-c3ncco3)sc21)OC1CCOCC1. The van der Waals surface area contributed by atoms with Crippen LogP contribution in [-0.2, 0) is 20.8 Å². The second-order valence-corrected chi connectivity index (χ2v) is 11.9. The van der Waals surface area contributed by atoms with Crippen molar-refractivity contribution in [2.75, 3.05) is 20.3 Å². The van der Waals surface area contributed by atoms with E-state index in [0.29, 0.717) is 58.4 Å². The van der Waals surface area contributed by atoms with Gasteiger partial charge in [-0.05, 0) is 50.2 Å². The lowest BCUT2D eigenvalue weighted by atomic mass is 9.78. The molecule has 2 aliphatic rings. The van der Waals surface area contributed by atoms with Crippen LogP contribution in [0.2, 0.25) is 0 Å². The molecule has 42 heavy (non-hydrogen) atoms. The molecule has 1 N–H and O–H groups in total. The number of hydrogen-bond acceptors (Lipinski definition) is 9. The van der Waals surface area contributed by atoms with Gasteiger partial charge in [-0.2, -0.15) is 0 Å². The minimum Gasteiger partial charge on any atom is -0.496 e. The lowest BCUT2D eigenvalue weighted by molar-refractivity contribution is -0.139. The third-order valence-electron chi connectivity index (χ3n) is 8.27. The van der Waals surface area contributed by atoms with Gasteiger partial charge in [-0.1, -0.05) is 18.2 Å². The highest BCUT2D eigenvalue weighted by Gasteiger charge is 2.36. The third-order valence-corrected chi connectivity index (χ3v) is 9.57. The summed E-state index contributed by atoms with van der Waals surface area (Å²) in [7, 11) is 1.60. The normalized spacial score (nSPS) is 20.0. The van der Waals surface area contributed by atoms with Crippen LogP contribution in [-0.4, -0.2) is 51.6 Å². The van der Waals surface area contributed by atoms with Gasteiger partial charge in [0.2, 0.25) is 5.89 Å². The van der Waals surface area contributed by atoms with E-state index in [0.717, 1.165) is 18.4 Å². The number of benzene rings is 1. The lowest BCUT2D eigenvalue weighted by Gasteiger charge is -2.35. The molecular formula is C30H33N3O8S. The summed E-state index contributed by atoms with van der Waals surface area (Å²) in [4.78, 5) is 45.0. The molecule has 3 aromatic heterocycles. The Balaban J connectivity index is 1.49. The fourth-order valence-corrected chi connectivity index (χ4v) is 7.31. The topological polar surface area (TPSA) is 135 Å². The summed E-state index contributed by atoms with van der Waals surface area (Å²) < 4.78 is 26.4. The van der Waals surface area contributed by atoms with Crippen molar-refractivity contribution in [2.45, 2.75) is 63.8 Å². The summed E-state index contributed by atoms with van der Waals surface area (Å²) in [5, 5.41) is 9.66. The highest BCUT2D eigenvalue weighted by atomic mass is 32.1. The number of oxazole rings is 1. The number of fused-ring (bicyclic) bond motifs is 1. The molecule has 1 saturated heterocycles. The van der Waals surface area contributed by atoms with E-state index in [9.17, 15) is 19.5 Å². The monoisotopic (exact) mass is 595 g/mol. The predicted molar refractivity (Wildman–Crippen MR) is 155 cm³/mol. The molecule has 0 bridgehead atoms. The van der Waals surface area contributed by atoms with Crippen LogP contribution in [0.3, 0.4) is 0 Å². The molecule has 1 saturated carbocycles. The molecule has 0 amide bonds. The van der Waals surface area contributed by atoms with Crippen molar-refractivity contribution >= 4 is 27.5 Å². The number of carboxylic acid groups (broad SMARTS) is 1. The van der Waals surface area contributed by atoms with Gasteiger partial charge in [0.25, 0.3) is 5.56 Å². The second-order valence-electron chi connectivity index (χ2n) is 10.9. The number of para-hydroxylation sites is 1. The van der Waals surface area contributed by atoms with E-state index in [2.05, 4.69) is 4.98 Å². The molecule has 222 valence electrons. The zero-order valence-corrected chi connectivity index (χ0v) is 24.3. The summed E-state index contributed by atoms with van der Waals surface area (Å²) in [6, 6.07) is 7.21. The minimum atomic E-state index is -0.882. The third kappa shape index (κ3) is 5.30. The number of carboxylic acids is 1. The molecule has 1 aliphatic heterocycles. The van der Waals surface area contributed by atoms with Crippen LogP contribution >= 0.6 is 11.3 Å². The van der Waals surface area contributed by atoms with Crippen molar-refractivity contribution < 1.29 is 28.5 Å². The highest BCUT2D eigenvalue weighted by molar-refractivity contribution is 7.22. The number of thiophene rings is 1. The van der Waals surface area contributed by atoms with Crippen LogP contribution in [0.1, 0.15) is 55.4 Å². The zero-order valence-electron chi connectivity index (χ0n) is 23.5. The Kier molecular flexibility index (Phi) is 8.02. The van der Waals surface area contributed by atoms with E-state index in [-0.39, 0.29) is 36.6 Å². The quantitative estimate of drug-likeness (QED) is 0.280. The van der Waals surface area contributed by atoms with E-state index in [1.54, 1.807) is 17.9 Å². The van der Waals surface area contributed by atoms with Crippen molar-refractivity contribution in [1.29, 1.82) is 0 Å². The van der Waals surface area contributed by atoms with Gasteiger partial charge < -0.3 is 23.7 Å². The van der Waals surface area contributed by atoms with Crippen LogP contribution in [0.4, 0.5) is 0 Å². The molecule has 11 nitrogen and oxygen atoms in total. The first-order chi connectivity index (χ1) is 20.4. The van der Waals surface area contributed by atoms with Crippen LogP contribution in [0.5, 0.6) is 5.75 Å². The molecule has 0 radical (unpaired) electrons. The Morgan fingerprint density at radius 2 is 1.98 bits per heavy atom. The number of methoxy groups -OCH3 is 1. The van der Waals surface area contributed by atoms with Gasteiger partial charge in [0, 0.05) is 31.2 Å². The van der Waals surface area contributed by atoms with Crippen molar-refractivity contribution in [1.82, 2.24) is 14.1 Å². The fourth-order valence-electron chi connectivity index (χ4n) is 6.07. The van der Waals surface area contributed by atoms with E-state index >= 15 is 0 Å². The molecule has 0 unspecified atom stereocenters. The van der Waals surface area contributed by atoms with Gasteiger partial charge in [-0.15, -0.1) is 11.3 Å². The highest BCUT2D eigenvalue weighted by Crippen LogP contribution is 2.41. The number of carbonyl (C=O) groups is 1. The lowest BCUT2D eigenvalue weighted by Crippen LogP contribution is -2.46. The predicted octanol–water partition coefficient (Wildman–Crippen LogP) is 4.56. The van der Waals surface area contributed by atoms with Gasteiger partial charge in [-0.25, -0.2) is 9.78 Å². The first kappa shape index (κ1) is 28.4. The molecule has 0 spiro atoms. The van der Waals surface area contributed by atoms with E-state index in [1.165, 1.54) is 22.2 Å². The number of aromatic nitrogens is 3. The van der Waals surface area contributed by atoms with Crippen molar-refractivity contribution in [2.24, 2.45) is 5.92 Å². The Bertz CT molecular complexity index is 1690. The maximum atomic E-state index is 14.3. The van der Waals surface area contributed by atoms with Crippen molar-refractivity contribution in [3.8, 4) is 16.5 Å². The van der Waals surface area contributed by atoms with Crippen LogP contribution in [0.15, 0.2) is 50.7 Å². The molecule has 6 rings (SSSR count). The van der Waals surface area contributed by atoms with Crippen LogP contribution < -0.4 is 16.0 Å². The average Bonchev–Trinajstić information content (AvgIpc) is 3.62. The molecule has 4 heterocycles. The Morgan fingerprint density at radius 1 is 1.21 bits per heavy atom. The molecule has 2 fully saturated rings. The van der Waals surface area contributed by atoms with Gasteiger partial charge in [-0.3, -0.25) is 18.7 Å². The van der Waals surface area contributed by atoms with Gasteiger partial charge in [0.1, 0.15) is 22.9 Å². The van der Waals surface area contributed by atoms with E-state index < -0.39 is 17.8 Å². The summed E-state index contributed by atoms with van der Waals surface area (Å²) in [5.41, 5.74) is 0.666. The number of nitrogens with zero attached hydrogens (tertiary/aromatic N) is 3. The van der Waals surface area contributed by atoms with Gasteiger partial charge >= 0.3 is 11.7 Å². The maximum Gasteiger partial charge on any atom is 0.332 e.